The fourth-order valence-electron chi connectivity index (χ4n) is 4.09. The maximum absolute atomic E-state index is 13.6. The molecule has 1 atom stereocenters. The van der Waals surface area contributed by atoms with Crippen LogP contribution in [-0.2, 0) is 15.6 Å². The minimum Gasteiger partial charge on any atom is -0.493 e. The highest BCUT2D eigenvalue weighted by Crippen LogP contribution is 2.38. The van der Waals surface area contributed by atoms with Crippen LogP contribution in [0.15, 0.2) is 30.5 Å². The zero-order valence-electron chi connectivity index (χ0n) is 21.0. The summed E-state index contributed by atoms with van der Waals surface area (Å²) < 4.78 is 12.1. The molecule has 0 bridgehead atoms. The minimum atomic E-state index is -1.94. The Morgan fingerprint density at radius 2 is 2.06 bits per heavy atom. The Bertz CT molecular complexity index is 1120. The quantitative estimate of drug-likeness (QED) is 0.419. The van der Waals surface area contributed by atoms with Crippen molar-refractivity contribution in [2.75, 3.05) is 31.1 Å². The second-order valence-corrected chi connectivity index (χ2v) is 15.7. The van der Waals surface area contributed by atoms with Gasteiger partial charge in [0.05, 0.1) is 12.7 Å². The predicted octanol–water partition coefficient (Wildman–Crippen LogP) is 4.33. The molecule has 2 aromatic rings. The Morgan fingerprint density at radius 3 is 2.77 bits per heavy atom. The lowest BCUT2D eigenvalue weighted by Crippen LogP contribution is -2.46. The molecule has 188 valence electrons. The van der Waals surface area contributed by atoms with E-state index in [4.69, 9.17) is 20.8 Å². The number of likely N-dealkylation sites (tertiary alicyclic amines) is 1. The first-order valence-electron chi connectivity index (χ1n) is 12.0. The number of rotatable bonds is 6. The van der Waals surface area contributed by atoms with Crippen molar-refractivity contribution in [1.82, 2.24) is 14.9 Å². The van der Waals surface area contributed by atoms with Crippen molar-refractivity contribution in [2.24, 2.45) is 0 Å². The third kappa shape index (κ3) is 5.68. The Balaban J connectivity index is 1.51. The molecule has 35 heavy (non-hydrogen) atoms. The molecule has 0 spiro atoms. The van der Waals surface area contributed by atoms with Crippen LogP contribution in [0.2, 0.25) is 23.4 Å². The molecule has 1 aromatic heterocycles. The van der Waals surface area contributed by atoms with Gasteiger partial charge in [0.1, 0.15) is 18.1 Å². The molecular formula is C25H33ClN4O4Si. The van der Waals surface area contributed by atoms with Gasteiger partial charge in [0.25, 0.3) is 5.91 Å². The highest BCUT2D eigenvalue weighted by atomic mass is 35.5. The van der Waals surface area contributed by atoms with E-state index in [0.29, 0.717) is 25.3 Å². The zero-order valence-corrected chi connectivity index (χ0v) is 22.8. The fraction of sp³-hybridized carbons (Fsp3) is 0.520. The molecule has 3 heterocycles. The van der Waals surface area contributed by atoms with E-state index >= 15 is 0 Å². The Hall–Kier alpha value is -2.49. The third-order valence-electron chi connectivity index (χ3n) is 7.13. The summed E-state index contributed by atoms with van der Waals surface area (Å²) in [6.45, 7) is 12.6. The first-order valence-corrected chi connectivity index (χ1v) is 15.2. The number of carbonyl (C=O) groups is 2. The van der Waals surface area contributed by atoms with Crippen molar-refractivity contribution < 1.29 is 18.8 Å². The molecule has 2 amide bonds. The maximum Gasteiger partial charge on any atom is 0.259 e. The van der Waals surface area contributed by atoms with Crippen molar-refractivity contribution >= 4 is 37.6 Å². The topological polar surface area (TPSA) is 84.9 Å². The van der Waals surface area contributed by atoms with E-state index in [2.05, 4.69) is 43.8 Å². The van der Waals surface area contributed by atoms with Crippen LogP contribution in [0.3, 0.4) is 0 Å². The molecule has 1 saturated heterocycles. The number of halogens is 1. The van der Waals surface area contributed by atoms with Crippen molar-refractivity contribution in [1.29, 1.82) is 0 Å². The van der Waals surface area contributed by atoms with E-state index in [1.54, 1.807) is 23.1 Å². The average Bonchev–Trinajstić information content (AvgIpc) is 3.44. The van der Waals surface area contributed by atoms with Gasteiger partial charge in [-0.25, -0.2) is 9.97 Å². The molecule has 0 radical (unpaired) electrons. The standard InChI is InChI=1S/C25H33ClN4O4Si/c1-25(2,3)35(4,5)34-19-9-12-29(15-19)22(31)16-30(21-8-11-27-24(26)28-21)23(32)18-6-7-20-17(14-18)10-13-33-20/h6-8,11,14,19H,9-10,12-13,15-16H2,1-5H3/t19-/m0/s1. The van der Waals surface area contributed by atoms with E-state index in [0.717, 1.165) is 24.2 Å². The van der Waals surface area contributed by atoms with E-state index in [1.165, 1.54) is 11.1 Å². The second kappa shape index (κ2) is 9.87. The number of fused-ring (bicyclic) bond motifs is 1. The highest BCUT2D eigenvalue weighted by Gasteiger charge is 2.41. The van der Waals surface area contributed by atoms with E-state index < -0.39 is 8.32 Å². The highest BCUT2D eigenvalue weighted by molar-refractivity contribution is 6.74. The maximum atomic E-state index is 13.6. The molecule has 0 unspecified atom stereocenters. The largest absolute Gasteiger partial charge is 0.493 e. The molecule has 8 nitrogen and oxygen atoms in total. The van der Waals surface area contributed by atoms with Crippen molar-refractivity contribution in [2.45, 2.75) is 57.8 Å². The summed E-state index contributed by atoms with van der Waals surface area (Å²) in [5.41, 5.74) is 1.45. The number of amides is 2. The molecule has 4 rings (SSSR count). The molecular weight excluding hydrogens is 484 g/mol. The Kier molecular flexibility index (Phi) is 7.22. The molecule has 2 aliphatic rings. The van der Waals surface area contributed by atoms with Crippen LogP contribution in [0, 0.1) is 0 Å². The fourth-order valence-corrected chi connectivity index (χ4v) is 5.61. The summed E-state index contributed by atoms with van der Waals surface area (Å²) in [5, 5.41) is 0.111. The average molecular weight is 517 g/mol. The van der Waals surface area contributed by atoms with Crippen LogP contribution >= 0.6 is 11.6 Å². The van der Waals surface area contributed by atoms with Gasteiger partial charge in [-0.15, -0.1) is 0 Å². The van der Waals surface area contributed by atoms with Gasteiger partial charge in [-0.3, -0.25) is 14.5 Å². The lowest BCUT2D eigenvalue weighted by atomic mass is 10.1. The summed E-state index contributed by atoms with van der Waals surface area (Å²) in [4.78, 5) is 38.2. The number of carbonyl (C=O) groups excluding carboxylic acids is 2. The Morgan fingerprint density at radius 1 is 1.29 bits per heavy atom. The van der Waals surface area contributed by atoms with Crippen LogP contribution < -0.4 is 9.64 Å². The minimum absolute atomic E-state index is 0.00852. The van der Waals surface area contributed by atoms with Gasteiger partial charge in [0.2, 0.25) is 11.2 Å². The monoisotopic (exact) mass is 516 g/mol. The summed E-state index contributed by atoms with van der Waals surface area (Å²) in [5.74, 6) is 0.600. The van der Waals surface area contributed by atoms with Gasteiger partial charge in [-0.05, 0) is 66.0 Å². The molecule has 0 saturated carbocycles. The molecule has 1 aromatic carbocycles. The van der Waals surface area contributed by atoms with Crippen molar-refractivity contribution in [3.63, 3.8) is 0 Å². The number of ether oxygens (including phenoxy) is 1. The normalized spacial score (nSPS) is 17.8. The molecule has 10 heteroatoms. The predicted molar refractivity (Wildman–Crippen MR) is 138 cm³/mol. The van der Waals surface area contributed by atoms with Gasteiger partial charge < -0.3 is 14.1 Å². The second-order valence-electron chi connectivity index (χ2n) is 10.6. The summed E-state index contributed by atoms with van der Waals surface area (Å²) in [7, 11) is -1.94. The van der Waals surface area contributed by atoms with Crippen LogP contribution in [0.4, 0.5) is 5.82 Å². The SMILES string of the molecule is CC(C)(C)[Si](C)(C)O[C@H]1CCN(C(=O)CN(C(=O)c2ccc3c(c2)CCO3)c2ccnc(Cl)n2)C1. The Labute approximate surface area is 212 Å². The number of hydrogen-bond donors (Lipinski definition) is 0. The lowest BCUT2D eigenvalue weighted by molar-refractivity contribution is -0.128. The van der Waals surface area contributed by atoms with Crippen LogP contribution in [0.1, 0.15) is 43.1 Å². The lowest BCUT2D eigenvalue weighted by Gasteiger charge is -2.38. The smallest absolute Gasteiger partial charge is 0.259 e. The third-order valence-corrected chi connectivity index (χ3v) is 11.8. The molecule has 2 aliphatic heterocycles. The van der Waals surface area contributed by atoms with Crippen LogP contribution in [0.25, 0.3) is 0 Å². The first-order chi connectivity index (χ1) is 16.4. The number of benzene rings is 1. The number of hydrogen-bond acceptors (Lipinski definition) is 6. The molecule has 0 aliphatic carbocycles. The summed E-state index contributed by atoms with van der Waals surface area (Å²) in [6.07, 6.45) is 3.02. The van der Waals surface area contributed by atoms with E-state index in [9.17, 15) is 9.59 Å². The van der Waals surface area contributed by atoms with Crippen LogP contribution in [-0.4, -0.2) is 67.3 Å². The summed E-state index contributed by atoms with van der Waals surface area (Å²) >= 11 is 6.01. The van der Waals surface area contributed by atoms with Gasteiger partial charge >= 0.3 is 0 Å². The first kappa shape index (κ1) is 25.6. The number of anilines is 1. The summed E-state index contributed by atoms with van der Waals surface area (Å²) in [6, 6.07) is 6.92. The zero-order chi connectivity index (χ0) is 25.4. The van der Waals surface area contributed by atoms with Crippen molar-refractivity contribution in [3.05, 3.63) is 46.9 Å². The molecule has 1 fully saturated rings. The van der Waals surface area contributed by atoms with E-state index in [1.807, 2.05) is 6.07 Å². The van der Waals surface area contributed by atoms with Gasteiger partial charge in [-0.1, -0.05) is 20.8 Å². The van der Waals surface area contributed by atoms with Gasteiger partial charge in [0, 0.05) is 31.3 Å². The van der Waals surface area contributed by atoms with Gasteiger partial charge in [0.15, 0.2) is 8.32 Å². The number of nitrogens with zero attached hydrogens (tertiary/aromatic N) is 4. The van der Waals surface area contributed by atoms with Gasteiger partial charge in [-0.2, -0.15) is 0 Å². The van der Waals surface area contributed by atoms with Crippen molar-refractivity contribution in [3.8, 4) is 5.75 Å². The van der Waals surface area contributed by atoms with Crippen LogP contribution in [0.5, 0.6) is 5.75 Å². The molecule has 0 N–H and O–H groups in total. The number of aromatic nitrogens is 2. The van der Waals surface area contributed by atoms with E-state index in [-0.39, 0.29) is 40.6 Å².